The number of aromatic nitrogens is 2. The number of nitrogens with zero attached hydrogens (tertiary/aromatic N) is 3. The molecule has 2 aromatic rings. The number of anilines is 1. The maximum atomic E-state index is 10.6. The summed E-state index contributed by atoms with van der Waals surface area (Å²) in [5.74, 6) is 1.23. The molecule has 0 aliphatic heterocycles. The molecule has 0 unspecified atom stereocenters. The van der Waals surface area contributed by atoms with Crippen molar-refractivity contribution in [2.45, 2.75) is 25.4 Å². The Labute approximate surface area is 147 Å². The predicted molar refractivity (Wildman–Crippen MR) is 94.8 cm³/mol. The molecule has 1 heterocycles. The van der Waals surface area contributed by atoms with E-state index >= 15 is 0 Å². The predicted octanol–water partition coefficient (Wildman–Crippen LogP) is 1.93. The minimum Gasteiger partial charge on any atom is -0.497 e. The van der Waals surface area contributed by atoms with E-state index in [4.69, 9.17) is 10.00 Å². The summed E-state index contributed by atoms with van der Waals surface area (Å²) in [6.45, 7) is 4.17. The van der Waals surface area contributed by atoms with Crippen LogP contribution in [0.5, 0.6) is 5.75 Å². The monoisotopic (exact) mass is 338 g/mol. The van der Waals surface area contributed by atoms with E-state index in [9.17, 15) is 4.79 Å². The summed E-state index contributed by atoms with van der Waals surface area (Å²) in [4.78, 5) is 19.2. The first-order valence-corrected chi connectivity index (χ1v) is 7.73. The summed E-state index contributed by atoms with van der Waals surface area (Å²) in [6, 6.07) is 8.53. The first kappa shape index (κ1) is 18.4. The summed E-state index contributed by atoms with van der Waals surface area (Å²) in [7, 11) is 1.62. The van der Waals surface area contributed by atoms with Gasteiger partial charge in [0.15, 0.2) is 6.04 Å². The van der Waals surface area contributed by atoms with E-state index in [2.05, 4.69) is 20.6 Å². The molecule has 1 radical (unpaired) electrons. The van der Waals surface area contributed by atoms with Gasteiger partial charge in [0.25, 0.3) is 0 Å². The summed E-state index contributed by atoms with van der Waals surface area (Å²) >= 11 is 0. The molecule has 129 valence electrons. The zero-order valence-electron chi connectivity index (χ0n) is 14.4. The van der Waals surface area contributed by atoms with Crippen molar-refractivity contribution in [3.63, 3.8) is 0 Å². The molecule has 2 N–H and O–H groups in total. The normalized spacial score (nSPS) is 12.1. The Balaban J connectivity index is 2.00. The Morgan fingerprint density at radius 3 is 2.60 bits per heavy atom. The largest absolute Gasteiger partial charge is 0.497 e. The van der Waals surface area contributed by atoms with Gasteiger partial charge in [0.2, 0.25) is 12.2 Å². The molecule has 0 aliphatic rings. The molecule has 7 nitrogen and oxygen atoms in total. The molecule has 0 fully saturated rings. The highest BCUT2D eigenvalue weighted by molar-refractivity contribution is 5.64. The molecule has 0 amide bonds. The summed E-state index contributed by atoms with van der Waals surface area (Å²) in [5.41, 5.74) is 1.33. The van der Waals surface area contributed by atoms with Gasteiger partial charge >= 0.3 is 0 Å². The topological polar surface area (TPSA) is 99.9 Å². The van der Waals surface area contributed by atoms with E-state index in [1.165, 1.54) is 0 Å². The standard InChI is InChI=1S/C18H20N5O2/c1-18(2,23-15(8-19)11-24)12-22-17-20-9-14(10-21-17)13-5-4-6-16(7-13)25-3/h4-7,9-10,15,23H,12H2,1-3H3,(H,20,21,22)/t15-/m0/s1. The van der Waals surface area contributed by atoms with Crippen molar-refractivity contribution in [2.24, 2.45) is 0 Å². The Morgan fingerprint density at radius 2 is 2.00 bits per heavy atom. The highest BCUT2D eigenvalue weighted by Gasteiger charge is 2.22. The Kier molecular flexibility index (Phi) is 6.03. The number of hydrogen-bond donors (Lipinski definition) is 2. The second kappa shape index (κ2) is 8.22. The van der Waals surface area contributed by atoms with Gasteiger partial charge in [-0.3, -0.25) is 10.1 Å². The van der Waals surface area contributed by atoms with Gasteiger partial charge in [-0.15, -0.1) is 0 Å². The molecule has 0 saturated heterocycles. The van der Waals surface area contributed by atoms with E-state index in [1.54, 1.807) is 25.8 Å². The van der Waals surface area contributed by atoms with Crippen molar-refractivity contribution in [2.75, 3.05) is 19.0 Å². The van der Waals surface area contributed by atoms with Gasteiger partial charge < -0.3 is 10.1 Å². The number of nitriles is 1. The van der Waals surface area contributed by atoms with Gasteiger partial charge in [-0.25, -0.2) is 9.97 Å². The van der Waals surface area contributed by atoms with E-state index < -0.39 is 11.6 Å². The Morgan fingerprint density at radius 1 is 1.28 bits per heavy atom. The third kappa shape index (κ3) is 5.26. The molecular weight excluding hydrogens is 318 g/mol. The minimum atomic E-state index is -0.965. The van der Waals surface area contributed by atoms with E-state index in [-0.39, 0.29) is 0 Å². The van der Waals surface area contributed by atoms with Crippen LogP contribution in [0.25, 0.3) is 11.1 Å². The number of methoxy groups -OCH3 is 1. The van der Waals surface area contributed by atoms with Crippen LogP contribution in [0.3, 0.4) is 0 Å². The lowest BCUT2D eigenvalue weighted by Crippen LogP contribution is -2.50. The number of rotatable bonds is 8. The minimum absolute atomic E-state index is 0.436. The van der Waals surface area contributed by atoms with Gasteiger partial charge in [0.05, 0.1) is 13.2 Å². The zero-order chi connectivity index (χ0) is 18.3. The van der Waals surface area contributed by atoms with Gasteiger partial charge in [-0.2, -0.15) is 5.26 Å². The van der Waals surface area contributed by atoms with E-state index in [0.717, 1.165) is 16.9 Å². The van der Waals surface area contributed by atoms with E-state index in [1.807, 2.05) is 44.2 Å². The number of benzene rings is 1. The molecule has 2 rings (SSSR count). The number of carbonyl (C=O) groups excluding carboxylic acids is 1. The molecule has 0 saturated carbocycles. The van der Waals surface area contributed by atoms with Crippen LogP contribution in [-0.4, -0.2) is 41.5 Å². The average Bonchev–Trinajstić information content (AvgIpc) is 2.65. The number of ether oxygens (including phenoxy) is 1. The quantitative estimate of drug-likeness (QED) is 0.758. The first-order chi connectivity index (χ1) is 12.0. The van der Waals surface area contributed by atoms with Crippen molar-refractivity contribution in [1.29, 1.82) is 5.26 Å². The molecule has 1 atom stereocenters. The van der Waals surface area contributed by atoms with Crippen molar-refractivity contribution in [3.8, 4) is 22.9 Å². The first-order valence-electron chi connectivity index (χ1n) is 7.73. The van der Waals surface area contributed by atoms with Gasteiger partial charge in [-0.05, 0) is 31.5 Å². The Bertz CT molecular complexity index is 753. The lowest BCUT2D eigenvalue weighted by Gasteiger charge is -2.27. The summed E-state index contributed by atoms with van der Waals surface area (Å²) in [6.07, 6.45) is 5.10. The highest BCUT2D eigenvalue weighted by atomic mass is 16.5. The third-order valence-corrected chi connectivity index (χ3v) is 3.53. The van der Waals surface area contributed by atoms with Gasteiger partial charge in [0.1, 0.15) is 5.75 Å². The highest BCUT2D eigenvalue weighted by Crippen LogP contribution is 2.22. The second-order valence-electron chi connectivity index (χ2n) is 6.09. The molecule has 25 heavy (non-hydrogen) atoms. The van der Waals surface area contributed by atoms with Crippen LogP contribution in [-0.2, 0) is 4.79 Å². The number of nitrogens with one attached hydrogen (secondary N) is 2. The van der Waals surface area contributed by atoms with Crippen LogP contribution in [0, 0.1) is 11.3 Å². The van der Waals surface area contributed by atoms with Crippen LogP contribution < -0.4 is 15.4 Å². The lowest BCUT2D eigenvalue weighted by atomic mass is 10.0. The molecule has 1 aromatic heterocycles. The van der Waals surface area contributed by atoms with Crippen molar-refractivity contribution in [3.05, 3.63) is 36.7 Å². The lowest BCUT2D eigenvalue weighted by molar-refractivity contribution is 0.403. The molecule has 7 heteroatoms. The van der Waals surface area contributed by atoms with Crippen molar-refractivity contribution < 1.29 is 9.53 Å². The van der Waals surface area contributed by atoms with Crippen molar-refractivity contribution in [1.82, 2.24) is 15.3 Å². The van der Waals surface area contributed by atoms with Gasteiger partial charge in [0, 0.05) is 30.0 Å². The second-order valence-corrected chi connectivity index (χ2v) is 6.09. The third-order valence-electron chi connectivity index (χ3n) is 3.53. The van der Waals surface area contributed by atoms with Gasteiger partial charge in [-0.1, -0.05) is 12.1 Å². The fourth-order valence-electron chi connectivity index (χ4n) is 2.20. The van der Waals surface area contributed by atoms with Crippen LogP contribution >= 0.6 is 0 Å². The molecule has 0 bridgehead atoms. The van der Waals surface area contributed by atoms with E-state index in [0.29, 0.717) is 12.5 Å². The summed E-state index contributed by atoms with van der Waals surface area (Å²) in [5, 5.41) is 14.8. The molecule has 1 aromatic carbocycles. The molecular formula is C18H20N5O2. The fourth-order valence-corrected chi connectivity index (χ4v) is 2.20. The molecule has 0 aliphatic carbocycles. The average molecular weight is 338 g/mol. The SMILES string of the molecule is COc1cccc(-c2cnc(NCC(C)(C)N[C@H]([C]=O)C#N)nc2)c1. The maximum Gasteiger partial charge on any atom is 0.232 e. The van der Waals surface area contributed by atoms with Crippen LogP contribution in [0.4, 0.5) is 5.95 Å². The molecule has 0 spiro atoms. The maximum absolute atomic E-state index is 10.6. The van der Waals surface area contributed by atoms with Crippen molar-refractivity contribution >= 4 is 12.2 Å². The van der Waals surface area contributed by atoms with Crippen LogP contribution in [0.15, 0.2) is 36.7 Å². The zero-order valence-corrected chi connectivity index (χ0v) is 14.4. The van der Waals surface area contributed by atoms with Crippen LogP contribution in [0.2, 0.25) is 0 Å². The smallest absolute Gasteiger partial charge is 0.232 e. The summed E-state index contributed by atoms with van der Waals surface area (Å²) < 4.78 is 5.22. The van der Waals surface area contributed by atoms with Crippen LogP contribution in [0.1, 0.15) is 13.8 Å². The fraction of sp³-hybridized carbons (Fsp3) is 0.333. The Hall–Kier alpha value is -2.98. The number of hydrogen-bond acceptors (Lipinski definition) is 7.